The summed E-state index contributed by atoms with van der Waals surface area (Å²) in [5.41, 5.74) is 1.68. The molecule has 0 spiro atoms. The average Bonchev–Trinajstić information content (AvgIpc) is 2.58. The van der Waals surface area contributed by atoms with Gasteiger partial charge in [0, 0.05) is 5.56 Å². The van der Waals surface area contributed by atoms with Crippen LogP contribution in [0.3, 0.4) is 0 Å². The molecule has 0 aliphatic heterocycles. The van der Waals surface area contributed by atoms with Crippen molar-refractivity contribution in [2.24, 2.45) is 5.92 Å². The third kappa shape index (κ3) is 4.33. The van der Waals surface area contributed by atoms with Gasteiger partial charge in [-0.3, -0.25) is 9.59 Å². The fourth-order valence-corrected chi connectivity index (χ4v) is 2.61. The van der Waals surface area contributed by atoms with Crippen molar-refractivity contribution < 1.29 is 14.3 Å². The molecule has 0 saturated heterocycles. The van der Waals surface area contributed by atoms with Crippen LogP contribution in [0.25, 0.3) is 0 Å². The van der Waals surface area contributed by atoms with E-state index < -0.39 is 11.8 Å². The van der Waals surface area contributed by atoms with Crippen LogP contribution in [0.5, 0.6) is 5.75 Å². The predicted octanol–water partition coefficient (Wildman–Crippen LogP) is 3.62. The molecule has 2 rings (SSSR count). The Balaban J connectivity index is 2.46. The molecule has 2 aromatic carbocycles. The second-order valence-corrected chi connectivity index (χ2v) is 5.59. The van der Waals surface area contributed by atoms with Crippen molar-refractivity contribution in [3.05, 3.63) is 65.7 Å². The molecule has 2 aromatic rings. The first-order valence-corrected chi connectivity index (χ1v) is 7.74. The zero-order valence-electron chi connectivity index (χ0n) is 14.1. The molecule has 0 bridgehead atoms. The lowest BCUT2D eigenvalue weighted by molar-refractivity contribution is -0.130. The van der Waals surface area contributed by atoms with Crippen molar-refractivity contribution in [3.63, 3.8) is 0 Å². The number of carbonyl (C=O) groups is 2. The molecule has 1 atom stereocenters. The molecule has 0 heterocycles. The van der Waals surface area contributed by atoms with E-state index in [9.17, 15) is 9.59 Å². The molecule has 0 fully saturated rings. The van der Waals surface area contributed by atoms with Crippen molar-refractivity contribution in [2.75, 3.05) is 7.11 Å². The second kappa shape index (κ2) is 8.12. The molecule has 0 radical (unpaired) electrons. The Morgan fingerprint density at radius 1 is 0.917 bits per heavy atom. The first-order chi connectivity index (χ1) is 11.5. The standard InChI is InChI=1S/C21H20O3/c1-15(22)21(16(2)23)20(14-9-17-7-5-4-6-8-17)18-10-12-19(24-3)13-11-18/h4-8,10-13,20-21H,1-3H3/t20-/m0/s1. The van der Waals surface area contributed by atoms with E-state index in [1.807, 2.05) is 54.6 Å². The largest absolute Gasteiger partial charge is 0.497 e. The van der Waals surface area contributed by atoms with E-state index in [0.717, 1.165) is 16.9 Å². The van der Waals surface area contributed by atoms with Crippen molar-refractivity contribution in [1.29, 1.82) is 0 Å². The van der Waals surface area contributed by atoms with Crippen molar-refractivity contribution >= 4 is 11.6 Å². The highest BCUT2D eigenvalue weighted by Crippen LogP contribution is 2.28. The zero-order valence-corrected chi connectivity index (χ0v) is 14.1. The van der Waals surface area contributed by atoms with E-state index in [-0.39, 0.29) is 11.6 Å². The number of Topliss-reactive ketones (excluding diaryl/α,β-unsaturated/α-hetero) is 2. The predicted molar refractivity (Wildman–Crippen MR) is 93.9 cm³/mol. The van der Waals surface area contributed by atoms with Gasteiger partial charge in [0.15, 0.2) is 0 Å². The van der Waals surface area contributed by atoms with E-state index >= 15 is 0 Å². The molecule has 3 heteroatoms. The van der Waals surface area contributed by atoms with Gasteiger partial charge < -0.3 is 4.74 Å². The monoisotopic (exact) mass is 320 g/mol. The van der Waals surface area contributed by atoms with E-state index in [1.54, 1.807) is 7.11 Å². The van der Waals surface area contributed by atoms with Gasteiger partial charge in [-0.1, -0.05) is 42.2 Å². The summed E-state index contributed by atoms with van der Waals surface area (Å²) in [6, 6.07) is 16.8. The lowest BCUT2D eigenvalue weighted by atomic mass is 9.81. The molecule has 3 nitrogen and oxygen atoms in total. The van der Waals surface area contributed by atoms with Gasteiger partial charge in [0.1, 0.15) is 17.3 Å². The third-order valence-electron chi connectivity index (χ3n) is 3.83. The Bertz CT molecular complexity index is 750. The topological polar surface area (TPSA) is 43.4 Å². The van der Waals surface area contributed by atoms with Crippen LogP contribution in [-0.2, 0) is 9.59 Å². The SMILES string of the molecule is COc1ccc([C@H](C#Cc2ccccc2)C(C(C)=O)C(C)=O)cc1. The van der Waals surface area contributed by atoms with Crippen molar-refractivity contribution in [2.45, 2.75) is 19.8 Å². The van der Waals surface area contributed by atoms with Crippen LogP contribution in [-0.4, -0.2) is 18.7 Å². The molecule has 24 heavy (non-hydrogen) atoms. The highest BCUT2D eigenvalue weighted by Gasteiger charge is 2.29. The number of benzene rings is 2. The normalized spacial score (nSPS) is 11.3. The van der Waals surface area contributed by atoms with E-state index in [4.69, 9.17) is 4.74 Å². The summed E-state index contributed by atoms with van der Waals surface area (Å²) in [4.78, 5) is 24.0. The van der Waals surface area contributed by atoms with E-state index in [1.165, 1.54) is 13.8 Å². The quantitative estimate of drug-likeness (QED) is 0.624. The minimum Gasteiger partial charge on any atom is -0.497 e. The molecule has 122 valence electrons. The van der Waals surface area contributed by atoms with Gasteiger partial charge in [0.2, 0.25) is 0 Å². The number of ether oxygens (including phenoxy) is 1. The van der Waals surface area contributed by atoms with Gasteiger partial charge in [-0.05, 0) is 43.7 Å². The smallest absolute Gasteiger partial charge is 0.141 e. The maximum atomic E-state index is 12.0. The Kier molecular flexibility index (Phi) is 5.92. The fraction of sp³-hybridized carbons (Fsp3) is 0.238. The highest BCUT2D eigenvalue weighted by molar-refractivity contribution is 6.01. The average molecular weight is 320 g/mol. The molecule has 0 amide bonds. The van der Waals surface area contributed by atoms with Gasteiger partial charge in [0.05, 0.1) is 18.9 Å². The minimum absolute atomic E-state index is 0.175. The third-order valence-corrected chi connectivity index (χ3v) is 3.83. The van der Waals surface area contributed by atoms with Crippen LogP contribution in [0.2, 0.25) is 0 Å². The molecule has 0 aliphatic carbocycles. The van der Waals surface area contributed by atoms with Gasteiger partial charge in [-0.2, -0.15) is 0 Å². The molecule has 0 unspecified atom stereocenters. The molecular formula is C21H20O3. The number of hydrogen-bond acceptors (Lipinski definition) is 3. The molecular weight excluding hydrogens is 300 g/mol. The summed E-state index contributed by atoms with van der Waals surface area (Å²) >= 11 is 0. The maximum absolute atomic E-state index is 12.0. The highest BCUT2D eigenvalue weighted by atomic mass is 16.5. The summed E-state index contributed by atoms with van der Waals surface area (Å²) in [6.45, 7) is 2.87. The first kappa shape index (κ1) is 17.5. The Morgan fingerprint density at radius 3 is 2.00 bits per heavy atom. The van der Waals surface area contributed by atoms with Crippen molar-refractivity contribution in [1.82, 2.24) is 0 Å². The van der Waals surface area contributed by atoms with E-state index in [2.05, 4.69) is 11.8 Å². The summed E-state index contributed by atoms with van der Waals surface area (Å²) < 4.78 is 5.16. The Labute approximate surface area is 142 Å². The number of rotatable bonds is 5. The van der Waals surface area contributed by atoms with Gasteiger partial charge in [0.25, 0.3) is 0 Å². The second-order valence-electron chi connectivity index (χ2n) is 5.59. The molecule has 0 N–H and O–H groups in total. The summed E-state index contributed by atoms with van der Waals surface area (Å²) in [7, 11) is 1.59. The van der Waals surface area contributed by atoms with Crippen LogP contribution in [0.4, 0.5) is 0 Å². The lowest BCUT2D eigenvalue weighted by Crippen LogP contribution is -2.26. The first-order valence-electron chi connectivity index (χ1n) is 7.74. The number of hydrogen-bond donors (Lipinski definition) is 0. The number of ketones is 2. The fourth-order valence-electron chi connectivity index (χ4n) is 2.61. The summed E-state index contributed by atoms with van der Waals surface area (Å²) in [5.74, 6) is 5.31. The summed E-state index contributed by atoms with van der Waals surface area (Å²) in [6.07, 6.45) is 0. The van der Waals surface area contributed by atoms with Crippen LogP contribution in [0.15, 0.2) is 54.6 Å². The van der Waals surface area contributed by atoms with Crippen LogP contribution < -0.4 is 4.74 Å². The lowest BCUT2D eigenvalue weighted by Gasteiger charge is -2.19. The van der Waals surface area contributed by atoms with Crippen LogP contribution in [0.1, 0.15) is 30.9 Å². The Hall–Kier alpha value is -2.86. The summed E-state index contributed by atoms with van der Waals surface area (Å²) in [5, 5.41) is 0. The maximum Gasteiger partial charge on any atom is 0.141 e. The molecule has 0 aliphatic rings. The van der Waals surface area contributed by atoms with Gasteiger partial charge in [-0.15, -0.1) is 0 Å². The van der Waals surface area contributed by atoms with Gasteiger partial charge >= 0.3 is 0 Å². The molecule has 0 aromatic heterocycles. The number of methoxy groups -OCH3 is 1. The van der Waals surface area contributed by atoms with Gasteiger partial charge in [-0.25, -0.2) is 0 Å². The Morgan fingerprint density at radius 2 is 1.50 bits per heavy atom. The molecule has 0 saturated carbocycles. The van der Waals surface area contributed by atoms with Crippen LogP contribution in [0, 0.1) is 17.8 Å². The van der Waals surface area contributed by atoms with E-state index in [0.29, 0.717) is 0 Å². The zero-order chi connectivity index (χ0) is 17.5. The minimum atomic E-state index is -0.769. The van der Waals surface area contributed by atoms with Crippen LogP contribution >= 0.6 is 0 Å². The number of carbonyl (C=O) groups excluding carboxylic acids is 2. The van der Waals surface area contributed by atoms with Crippen molar-refractivity contribution in [3.8, 4) is 17.6 Å².